The van der Waals surface area contributed by atoms with Crippen LogP contribution in [0.2, 0.25) is 0 Å². The van der Waals surface area contributed by atoms with Gasteiger partial charge >= 0.3 is 0 Å². The number of ether oxygens (including phenoxy) is 2. The quantitative estimate of drug-likeness (QED) is 0.746. The molecule has 0 atom stereocenters. The minimum absolute atomic E-state index is 0.325. The van der Waals surface area contributed by atoms with Crippen molar-refractivity contribution in [3.05, 3.63) is 29.6 Å². The molecule has 1 fully saturated rings. The van der Waals surface area contributed by atoms with E-state index >= 15 is 0 Å². The molecule has 5 heteroatoms. The van der Waals surface area contributed by atoms with Gasteiger partial charge in [-0.15, -0.1) is 0 Å². The van der Waals surface area contributed by atoms with E-state index in [1.54, 1.807) is 20.3 Å². The van der Waals surface area contributed by atoms with Crippen LogP contribution in [0.5, 0.6) is 0 Å². The summed E-state index contributed by atoms with van der Waals surface area (Å²) in [6, 6.07) is 6.16. The molecule has 2 rings (SSSR count). The lowest BCUT2D eigenvalue weighted by Crippen LogP contribution is -2.64. The highest BCUT2D eigenvalue weighted by Gasteiger charge is 2.44. The predicted octanol–water partition coefficient (Wildman–Crippen LogP) is 1.51. The molecule has 0 saturated carbocycles. The van der Waals surface area contributed by atoms with Gasteiger partial charge < -0.3 is 14.4 Å². The van der Waals surface area contributed by atoms with E-state index in [0.717, 1.165) is 0 Å². The highest BCUT2D eigenvalue weighted by molar-refractivity contribution is 5.61. The van der Waals surface area contributed by atoms with Crippen LogP contribution >= 0.6 is 0 Å². The second-order valence-electron chi connectivity index (χ2n) is 3.95. The average Bonchev–Trinajstić information content (AvgIpc) is 2.30. The first-order valence-electron chi connectivity index (χ1n) is 5.19. The van der Waals surface area contributed by atoms with Gasteiger partial charge in [0.25, 0.3) is 0 Å². The summed E-state index contributed by atoms with van der Waals surface area (Å²) in [5.74, 6) is -1.02. The van der Waals surface area contributed by atoms with Crippen molar-refractivity contribution in [2.45, 2.75) is 5.79 Å². The second-order valence-corrected chi connectivity index (χ2v) is 3.95. The van der Waals surface area contributed by atoms with Gasteiger partial charge in [-0.3, -0.25) is 0 Å². The molecule has 1 heterocycles. The number of benzene rings is 1. The molecule has 0 unspecified atom stereocenters. The Kier molecular flexibility index (Phi) is 3.01. The number of nitriles is 1. The predicted molar refractivity (Wildman–Crippen MR) is 60.1 cm³/mol. The van der Waals surface area contributed by atoms with Gasteiger partial charge in [0.15, 0.2) is 0 Å². The van der Waals surface area contributed by atoms with Gasteiger partial charge in [0.1, 0.15) is 11.9 Å². The van der Waals surface area contributed by atoms with E-state index < -0.39 is 11.6 Å². The number of anilines is 1. The lowest BCUT2D eigenvalue weighted by Gasteiger charge is -2.48. The summed E-state index contributed by atoms with van der Waals surface area (Å²) >= 11 is 0. The van der Waals surface area contributed by atoms with Gasteiger partial charge in [0, 0.05) is 14.2 Å². The maximum absolute atomic E-state index is 13.0. The summed E-state index contributed by atoms with van der Waals surface area (Å²) in [6.45, 7) is 1.06. The summed E-state index contributed by atoms with van der Waals surface area (Å²) < 4.78 is 23.5. The third kappa shape index (κ3) is 1.97. The molecule has 1 aromatic carbocycles. The van der Waals surface area contributed by atoms with E-state index in [1.807, 2.05) is 11.0 Å². The Labute approximate surface area is 99.2 Å². The van der Waals surface area contributed by atoms with Crippen molar-refractivity contribution in [1.82, 2.24) is 0 Å². The molecule has 0 aromatic heterocycles. The minimum Gasteiger partial charge on any atom is -0.359 e. The molecule has 0 aliphatic carbocycles. The van der Waals surface area contributed by atoms with Crippen molar-refractivity contribution in [2.75, 3.05) is 32.2 Å². The van der Waals surface area contributed by atoms with Gasteiger partial charge in [-0.2, -0.15) is 5.26 Å². The van der Waals surface area contributed by atoms with E-state index in [-0.39, 0.29) is 0 Å². The molecule has 0 N–H and O–H groups in total. The van der Waals surface area contributed by atoms with E-state index in [9.17, 15) is 4.39 Å². The highest BCUT2D eigenvalue weighted by Crippen LogP contribution is 2.32. The first-order chi connectivity index (χ1) is 8.14. The Bertz CT molecular complexity index is 458. The van der Waals surface area contributed by atoms with Crippen molar-refractivity contribution in [3.63, 3.8) is 0 Å². The first-order valence-corrected chi connectivity index (χ1v) is 5.19. The fourth-order valence-corrected chi connectivity index (χ4v) is 1.92. The van der Waals surface area contributed by atoms with Crippen LogP contribution < -0.4 is 4.90 Å². The van der Waals surface area contributed by atoms with Crippen LogP contribution in [0.15, 0.2) is 18.2 Å². The van der Waals surface area contributed by atoms with Crippen LogP contribution in [-0.4, -0.2) is 33.1 Å². The summed E-state index contributed by atoms with van der Waals surface area (Å²) in [7, 11) is 3.16. The molecule has 90 valence electrons. The maximum Gasteiger partial charge on any atom is 0.203 e. The van der Waals surface area contributed by atoms with E-state index in [4.69, 9.17) is 14.7 Å². The molecule has 0 amide bonds. The molecule has 0 spiro atoms. The lowest BCUT2D eigenvalue weighted by atomic mass is 10.0. The molecule has 0 bridgehead atoms. The van der Waals surface area contributed by atoms with Crippen molar-refractivity contribution in [1.29, 1.82) is 5.26 Å². The van der Waals surface area contributed by atoms with E-state index in [1.165, 1.54) is 12.1 Å². The van der Waals surface area contributed by atoms with Gasteiger partial charge in [-0.25, -0.2) is 4.39 Å². The van der Waals surface area contributed by atoms with Crippen LogP contribution in [0.25, 0.3) is 0 Å². The second kappa shape index (κ2) is 4.32. The third-order valence-electron chi connectivity index (χ3n) is 3.03. The molecular weight excluding hydrogens is 223 g/mol. The van der Waals surface area contributed by atoms with Crippen LogP contribution in [-0.2, 0) is 9.47 Å². The number of halogens is 1. The topological polar surface area (TPSA) is 45.5 Å². The molecule has 1 saturated heterocycles. The molecule has 1 aromatic rings. The van der Waals surface area contributed by atoms with Crippen molar-refractivity contribution in [2.24, 2.45) is 0 Å². The zero-order valence-electron chi connectivity index (χ0n) is 9.74. The van der Waals surface area contributed by atoms with E-state index in [0.29, 0.717) is 24.3 Å². The number of nitrogens with zero attached hydrogens (tertiary/aromatic N) is 2. The summed E-state index contributed by atoms with van der Waals surface area (Å²) in [5, 5.41) is 8.95. The Morgan fingerprint density at radius 1 is 1.35 bits per heavy atom. The molecule has 0 radical (unpaired) electrons. The van der Waals surface area contributed by atoms with Crippen LogP contribution in [0.1, 0.15) is 5.56 Å². The minimum atomic E-state index is -0.610. The van der Waals surface area contributed by atoms with Gasteiger partial charge in [-0.05, 0) is 18.2 Å². The fraction of sp³-hybridized carbons (Fsp3) is 0.417. The molecule has 1 aliphatic heterocycles. The number of rotatable bonds is 3. The van der Waals surface area contributed by atoms with Crippen molar-refractivity contribution >= 4 is 5.69 Å². The van der Waals surface area contributed by atoms with Gasteiger partial charge in [0.2, 0.25) is 5.79 Å². The standard InChI is InChI=1S/C12H13FN2O2/c1-16-12(17-2)7-15(8-12)11-4-3-10(13)5-9(11)6-14/h3-5H,7-8H2,1-2H3. The Balaban J connectivity index is 2.19. The summed E-state index contributed by atoms with van der Waals surface area (Å²) in [6.07, 6.45) is 0. The number of methoxy groups -OCH3 is 2. The molecular formula is C12H13FN2O2. The first kappa shape index (κ1) is 11.8. The Morgan fingerprint density at radius 2 is 2.00 bits per heavy atom. The monoisotopic (exact) mass is 236 g/mol. The van der Waals surface area contributed by atoms with Crippen LogP contribution in [0.3, 0.4) is 0 Å². The summed E-state index contributed by atoms with van der Waals surface area (Å²) in [5.41, 5.74) is 1.03. The third-order valence-corrected chi connectivity index (χ3v) is 3.03. The number of hydrogen-bond donors (Lipinski definition) is 0. The smallest absolute Gasteiger partial charge is 0.203 e. The Hall–Kier alpha value is -1.64. The van der Waals surface area contributed by atoms with E-state index in [2.05, 4.69) is 0 Å². The zero-order chi connectivity index (χ0) is 12.5. The van der Waals surface area contributed by atoms with Crippen LogP contribution in [0.4, 0.5) is 10.1 Å². The molecule has 17 heavy (non-hydrogen) atoms. The zero-order valence-corrected chi connectivity index (χ0v) is 9.74. The van der Waals surface area contributed by atoms with Crippen molar-refractivity contribution in [3.8, 4) is 6.07 Å². The van der Waals surface area contributed by atoms with Gasteiger partial charge in [-0.1, -0.05) is 0 Å². The Morgan fingerprint density at radius 3 is 2.53 bits per heavy atom. The van der Waals surface area contributed by atoms with Crippen LogP contribution in [0, 0.1) is 17.1 Å². The van der Waals surface area contributed by atoms with Gasteiger partial charge in [0.05, 0.1) is 24.3 Å². The fourth-order valence-electron chi connectivity index (χ4n) is 1.92. The lowest BCUT2D eigenvalue weighted by molar-refractivity contribution is -0.219. The largest absolute Gasteiger partial charge is 0.359 e. The van der Waals surface area contributed by atoms with Crippen molar-refractivity contribution < 1.29 is 13.9 Å². The average molecular weight is 236 g/mol. The SMILES string of the molecule is COC1(OC)CN(c2ccc(F)cc2C#N)C1. The maximum atomic E-state index is 13.0. The molecule has 1 aliphatic rings. The normalized spacial score (nSPS) is 17.4. The highest BCUT2D eigenvalue weighted by atomic mass is 19.1. The number of hydrogen-bond acceptors (Lipinski definition) is 4. The molecule has 4 nitrogen and oxygen atoms in total. The summed E-state index contributed by atoms with van der Waals surface area (Å²) in [4.78, 5) is 1.92.